The number of hydrogen-bond donors (Lipinski definition) is 0. The molecule has 0 spiro atoms. The zero-order valence-corrected chi connectivity index (χ0v) is 8.18. The van der Waals surface area contributed by atoms with E-state index in [0.29, 0.717) is 11.5 Å². The van der Waals surface area contributed by atoms with Crippen LogP contribution < -0.4 is 0 Å². The second kappa shape index (κ2) is 3.14. The third-order valence-electron chi connectivity index (χ3n) is 2.71. The van der Waals surface area contributed by atoms with Crippen molar-refractivity contribution in [2.45, 2.75) is 46.6 Å². The lowest BCUT2D eigenvalue weighted by Crippen LogP contribution is -2.31. The molecule has 0 amide bonds. The lowest BCUT2D eigenvalue weighted by Gasteiger charge is -2.36. The van der Waals surface area contributed by atoms with Crippen molar-refractivity contribution in [1.29, 1.82) is 0 Å². The summed E-state index contributed by atoms with van der Waals surface area (Å²) >= 11 is 0. The predicted octanol–water partition coefficient (Wildman–Crippen LogP) is 2.85. The van der Waals surface area contributed by atoms with E-state index in [2.05, 4.69) is 27.7 Å². The van der Waals surface area contributed by atoms with E-state index >= 15 is 0 Å². The quantitative estimate of drug-likeness (QED) is 0.524. The van der Waals surface area contributed by atoms with Gasteiger partial charge in [0.2, 0.25) is 0 Å². The molecule has 0 N–H and O–H groups in total. The topological polar surface area (TPSA) is 9.23 Å². The summed E-state index contributed by atoms with van der Waals surface area (Å²) in [7, 11) is 0. The minimum absolute atomic E-state index is 0.470. The molecule has 0 bridgehead atoms. The normalized spacial score (nSPS) is 33.8. The van der Waals surface area contributed by atoms with Crippen LogP contribution in [0.1, 0.15) is 40.5 Å². The molecule has 11 heavy (non-hydrogen) atoms. The van der Waals surface area contributed by atoms with Gasteiger partial charge in [0.25, 0.3) is 0 Å². The van der Waals surface area contributed by atoms with Gasteiger partial charge in [0.15, 0.2) is 0 Å². The maximum Gasteiger partial charge on any atom is 0.0549 e. The molecule has 0 aliphatic carbocycles. The van der Waals surface area contributed by atoms with Crippen LogP contribution in [0.3, 0.4) is 0 Å². The minimum Gasteiger partial charge on any atom is -0.378 e. The molecule has 1 fully saturated rings. The van der Waals surface area contributed by atoms with Crippen molar-refractivity contribution < 1.29 is 4.74 Å². The van der Waals surface area contributed by atoms with Gasteiger partial charge in [0, 0.05) is 6.61 Å². The number of rotatable bonds is 0. The van der Waals surface area contributed by atoms with Crippen molar-refractivity contribution >= 4 is 0 Å². The first kappa shape index (κ1) is 9.05. The highest BCUT2D eigenvalue weighted by atomic mass is 16.5. The van der Waals surface area contributed by atoms with Gasteiger partial charge >= 0.3 is 0 Å². The van der Waals surface area contributed by atoms with E-state index in [1.807, 2.05) is 0 Å². The second-order valence-corrected chi connectivity index (χ2v) is 4.77. The second-order valence-electron chi connectivity index (χ2n) is 4.77. The molecule has 1 rings (SSSR count). The molecule has 1 aliphatic heterocycles. The van der Waals surface area contributed by atoms with Crippen LogP contribution in [0, 0.1) is 11.3 Å². The predicted molar refractivity (Wildman–Crippen MR) is 47.6 cm³/mol. The average Bonchev–Trinajstić information content (AvgIpc) is 1.86. The molecule has 0 unspecified atom stereocenters. The monoisotopic (exact) mass is 156 g/mol. The fourth-order valence-electron chi connectivity index (χ4n) is 1.78. The van der Waals surface area contributed by atoms with Crippen LogP contribution in [-0.4, -0.2) is 12.7 Å². The lowest BCUT2D eigenvalue weighted by atomic mass is 9.75. The molecule has 0 saturated carbocycles. The van der Waals surface area contributed by atoms with Crippen LogP contribution in [0.15, 0.2) is 0 Å². The minimum atomic E-state index is 0.470. The zero-order valence-electron chi connectivity index (χ0n) is 8.18. The Labute approximate surface area is 70.1 Å². The summed E-state index contributed by atoms with van der Waals surface area (Å²) in [5, 5.41) is 0. The lowest BCUT2D eigenvalue weighted by molar-refractivity contribution is -0.0248. The van der Waals surface area contributed by atoms with Gasteiger partial charge < -0.3 is 4.74 Å². The summed E-state index contributed by atoms with van der Waals surface area (Å²) in [6.45, 7) is 10.1. The van der Waals surface area contributed by atoms with E-state index in [1.54, 1.807) is 0 Å². The highest BCUT2D eigenvalue weighted by Gasteiger charge is 2.29. The SMILES string of the molecule is C[C@H]1C[C@H](C(C)(C)C)CCO1. The Bertz CT molecular complexity index is 123. The molecule has 66 valence electrons. The van der Waals surface area contributed by atoms with Crippen molar-refractivity contribution in [2.75, 3.05) is 6.61 Å². The van der Waals surface area contributed by atoms with Crippen LogP contribution in [-0.2, 0) is 4.74 Å². The molecule has 0 radical (unpaired) electrons. The Kier molecular flexibility index (Phi) is 2.58. The molecule has 1 aliphatic rings. The van der Waals surface area contributed by atoms with E-state index in [9.17, 15) is 0 Å². The third kappa shape index (κ3) is 2.48. The summed E-state index contributed by atoms with van der Waals surface area (Å²) in [4.78, 5) is 0. The molecule has 1 nitrogen and oxygen atoms in total. The Morgan fingerprint density at radius 2 is 1.91 bits per heavy atom. The first-order valence-electron chi connectivity index (χ1n) is 4.62. The Hall–Kier alpha value is -0.0400. The van der Waals surface area contributed by atoms with Crippen LogP contribution in [0.2, 0.25) is 0 Å². The number of ether oxygens (including phenoxy) is 1. The zero-order chi connectivity index (χ0) is 8.48. The molecule has 1 saturated heterocycles. The summed E-state index contributed by atoms with van der Waals surface area (Å²) < 4.78 is 5.50. The summed E-state index contributed by atoms with van der Waals surface area (Å²) in [6.07, 6.45) is 2.96. The van der Waals surface area contributed by atoms with Gasteiger partial charge in [-0.05, 0) is 31.1 Å². The van der Waals surface area contributed by atoms with Crippen LogP contribution >= 0.6 is 0 Å². The van der Waals surface area contributed by atoms with E-state index in [0.717, 1.165) is 12.5 Å². The molecule has 1 heterocycles. The van der Waals surface area contributed by atoms with Gasteiger partial charge in [-0.25, -0.2) is 0 Å². The number of hydrogen-bond acceptors (Lipinski definition) is 1. The van der Waals surface area contributed by atoms with Gasteiger partial charge in [-0.3, -0.25) is 0 Å². The van der Waals surface area contributed by atoms with Crippen molar-refractivity contribution in [2.24, 2.45) is 11.3 Å². The Balaban J connectivity index is 2.46. The van der Waals surface area contributed by atoms with E-state index in [4.69, 9.17) is 4.74 Å². The smallest absolute Gasteiger partial charge is 0.0549 e. The molecule has 1 heteroatoms. The van der Waals surface area contributed by atoms with E-state index < -0.39 is 0 Å². The van der Waals surface area contributed by atoms with Crippen LogP contribution in [0.4, 0.5) is 0 Å². The molecular weight excluding hydrogens is 136 g/mol. The maximum absolute atomic E-state index is 5.50. The molecule has 0 aromatic rings. The molecule has 2 atom stereocenters. The summed E-state index contributed by atoms with van der Waals surface area (Å²) in [6, 6.07) is 0. The van der Waals surface area contributed by atoms with Gasteiger partial charge in [0.1, 0.15) is 0 Å². The van der Waals surface area contributed by atoms with Crippen molar-refractivity contribution in [3.8, 4) is 0 Å². The van der Waals surface area contributed by atoms with E-state index in [1.165, 1.54) is 12.8 Å². The van der Waals surface area contributed by atoms with Gasteiger partial charge in [-0.1, -0.05) is 20.8 Å². The standard InChI is InChI=1S/C10H20O/c1-8-7-9(5-6-11-8)10(2,3)4/h8-9H,5-7H2,1-4H3/t8-,9+/m0/s1. The Morgan fingerprint density at radius 3 is 2.27 bits per heavy atom. The first-order valence-corrected chi connectivity index (χ1v) is 4.62. The molecular formula is C10H20O. The van der Waals surface area contributed by atoms with Gasteiger partial charge in [-0.15, -0.1) is 0 Å². The van der Waals surface area contributed by atoms with Gasteiger partial charge in [-0.2, -0.15) is 0 Å². The van der Waals surface area contributed by atoms with Crippen molar-refractivity contribution in [3.63, 3.8) is 0 Å². The largest absolute Gasteiger partial charge is 0.378 e. The van der Waals surface area contributed by atoms with Crippen LogP contribution in [0.25, 0.3) is 0 Å². The average molecular weight is 156 g/mol. The fraction of sp³-hybridized carbons (Fsp3) is 1.00. The maximum atomic E-state index is 5.50. The molecule has 0 aromatic carbocycles. The van der Waals surface area contributed by atoms with Crippen LogP contribution in [0.5, 0.6) is 0 Å². The summed E-state index contributed by atoms with van der Waals surface area (Å²) in [5.41, 5.74) is 0.470. The van der Waals surface area contributed by atoms with Crippen molar-refractivity contribution in [1.82, 2.24) is 0 Å². The highest BCUT2D eigenvalue weighted by molar-refractivity contribution is 4.78. The fourth-order valence-corrected chi connectivity index (χ4v) is 1.78. The Morgan fingerprint density at radius 1 is 1.27 bits per heavy atom. The van der Waals surface area contributed by atoms with Crippen molar-refractivity contribution in [3.05, 3.63) is 0 Å². The van der Waals surface area contributed by atoms with E-state index in [-0.39, 0.29) is 0 Å². The summed E-state index contributed by atoms with van der Waals surface area (Å²) in [5.74, 6) is 0.853. The first-order chi connectivity index (χ1) is 5.00. The van der Waals surface area contributed by atoms with Gasteiger partial charge in [0.05, 0.1) is 6.10 Å². The highest BCUT2D eigenvalue weighted by Crippen LogP contribution is 2.35. The third-order valence-corrected chi connectivity index (χ3v) is 2.71. The molecule has 0 aromatic heterocycles.